The number of anilines is 1. The van der Waals surface area contributed by atoms with E-state index in [4.69, 9.17) is 30.5 Å². The van der Waals surface area contributed by atoms with Crippen molar-refractivity contribution in [3.05, 3.63) is 40.4 Å². The fraction of sp³-hybridized carbons (Fsp3) is 0.350. The highest BCUT2D eigenvalue weighted by molar-refractivity contribution is 6.32. The monoisotopic (exact) mass is 391 g/mol. The summed E-state index contributed by atoms with van der Waals surface area (Å²) in [5.74, 6) is 2.11. The Morgan fingerprint density at radius 2 is 1.81 bits per heavy atom. The van der Waals surface area contributed by atoms with E-state index in [1.54, 1.807) is 32.4 Å². The van der Waals surface area contributed by atoms with Crippen molar-refractivity contribution in [2.24, 2.45) is 0 Å². The lowest BCUT2D eigenvalue weighted by Crippen LogP contribution is -2.15. The van der Waals surface area contributed by atoms with Crippen LogP contribution < -0.4 is 24.3 Å². The van der Waals surface area contributed by atoms with E-state index in [0.717, 1.165) is 17.5 Å². The van der Waals surface area contributed by atoms with Gasteiger partial charge in [0.05, 0.1) is 38.9 Å². The second-order valence-electron chi connectivity index (χ2n) is 6.20. The molecule has 1 aliphatic rings. The Hall–Kier alpha value is -2.60. The number of benzene rings is 2. The molecular formula is C20H22ClNO5. The highest BCUT2D eigenvalue weighted by Gasteiger charge is 2.17. The molecule has 1 heterocycles. The van der Waals surface area contributed by atoms with Gasteiger partial charge in [-0.2, -0.15) is 0 Å². The van der Waals surface area contributed by atoms with Crippen LogP contribution in [0.5, 0.6) is 23.0 Å². The Kier molecular flexibility index (Phi) is 5.96. The van der Waals surface area contributed by atoms with Gasteiger partial charge in [-0.15, -0.1) is 0 Å². The molecule has 2 aromatic rings. The van der Waals surface area contributed by atoms with Crippen LogP contribution in [0.2, 0.25) is 5.02 Å². The molecule has 0 unspecified atom stereocenters. The summed E-state index contributed by atoms with van der Waals surface area (Å²) in [6.07, 6.45) is 0.948. The fourth-order valence-electron chi connectivity index (χ4n) is 2.88. The van der Waals surface area contributed by atoms with Crippen molar-refractivity contribution in [1.29, 1.82) is 0 Å². The van der Waals surface area contributed by atoms with Crippen LogP contribution in [-0.4, -0.2) is 33.3 Å². The smallest absolute Gasteiger partial charge is 0.228 e. The van der Waals surface area contributed by atoms with E-state index in [2.05, 4.69) is 5.32 Å². The van der Waals surface area contributed by atoms with E-state index in [1.165, 1.54) is 0 Å². The van der Waals surface area contributed by atoms with Gasteiger partial charge in [-0.05, 0) is 36.2 Å². The van der Waals surface area contributed by atoms with Crippen LogP contribution in [0.3, 0.4) is 0 Å². The van der Waals surface area contributed by atoms with Crippen LogP contribution in [-0.2, 0) is 11.2 Å². The zero-order valence-electron chi connectivity index (χ0n) is 15.6. The minimum absolute atomic E-state index is 0.157. The highest BCUT2D eigenvalue weighted by atomic mass is 35.5. The molecule has 0 aromatic heterocycles. The summed E-state index contributed by atoms with van der Waals surface area (Å²) in [5, 5.41) is 3.35. The van der Waals surface area contributed by atoms with Crippen molar-refractivity contribution >= 4 is 23.2 Å². The predicted octanol–water partition coefficient (Wildman–Crippen LogP) is 4.01. The molecule has 0 radical (unpaired) electrons. The lowest BCUT2D eigenvalue weighted by molar-refractivity contribution is -0.115. The number of amides is 1. The van der Waals surface area contributed by atoms with Gasteiger partial charge in [0, 0.05) is 18.2 Å². The number of rotatable bonds is 5. The molecule has 0 spiro atoms. The van der Waals surface area contributed by atoms with Crippen molar-refractivity contribution in [2.75, 3.05) is 32.8 Å². The molecule has 0 saturated carbocycles. The number of fused-ring (bicyclic) bond motifs is 1. The van der Waals surface area contributed by atoms with E-state index < -0.39 is 0 Å². The molecule has 1 aliphatic heterocycles. The number of carbonyl (C=O) groups excluding carboxylic acids is 1. The third kappa shape index (κ3) is 4.39. The number of carbonyl (C=O) groups is 1. The Labute approximate surface area is 163 Å². The average molecular weight is 392 g/mol. The largest absolute Gasteiger partial charge is 0.493 e. The summed E-state index contributed by atoms with van der Waals surface area (Å²) >= 11 is 6.29. The van der Waals surface area contributed by atoms with Crippen LogP contribution in [0.1, 0.15) is 17.5 Å². The normalized spacial score (nSPS) is 12.9. The number of hydrogen-bond donors (Lipinski definition) is 1. The van der Waals surface area contributed by atoms with Gasteiger partial charge in [0.2, 0.25) is 5.91 Å². The molecule has 2 aromatic carbocycles. The molecule has 27 heavy (non-hydrogen) atoms. The molecule has 1 N–H and O–H groups in total. The van der Waals surface area contributed by atoms with Gasteiger partial charge < -0.3 is 24.3 Å². The maximum Gasteiger partial charge on any atom is 0.228 e. The zero-order valence-corrected chi connectivity index (χ0v) is 16.3. The van der Waals surface area contributed by atoms with E-state index in [0.29, 0.717) is 46.9 Å². The summed E-state index contributed by atoms with van der Waals surface area (Å²) in [4.78, 5) is 12.5. The predicted molar refractivity (Wildman–Crippen MR) is 104 cm³/mol. The minimum Gasteiger partial charge on any atom is -0.493 e. The van der Waals surface area contributed by atoms with Gasteiger partial charge in [0.15, 0.2) is 23.0 Å². The molecular weight excluding hydrogens is 370 g/mol. The van der Waals surface area contributed by atoms with Gasteiger partial charge >= 0.3 is 0 Å². The van der Waals surface area contributed by atoms with Crippen molar-refractivity contribution in [3.8, 4) is 23.0 Å². The molecule has 6 nitrogen and oxygen atoms in total. The number of ether oxygens (including phenoxy) is 4. The summed E-state index contributed by atoms with van der Waals surface area (Å²) in [6.45, 7) is 3.01. The Morgan fingerprint density at radius 3 is 2.56 bits per heavy atom. The average Bonchev–Trinajstić information content (AvgIpc) is 2.88. The van der Waals surface area contributed by atoms with Crippen LogP contribution >= 0.6 is 11.6 Å². The summed E-state index contributed by atoms with van der Waals surface area (Å²) in [7, 11) is 3.13. The van der Waals surface area contributed by atoms with E-state index >= 15 is 0 Å². The first-order chi connectivity index (χ1) is 13.0. The molecule has 0 atom stereocenters. The first-order valence-corrected chi connectivity index (χ1v) is 9.00. The number of methoxy groups -OCH3 is 2. The molecule has 3 rings (SSSR count). The summed E-state index contributed by atoms with van der Waals surface area (Å²) in [6, 6.07) is 7.09. The van der Waals surface area contributed by atoms with Gasteiger partial charge in [0.1, 0.15) is 0 Å². The van der Waals surface area contributed by atoms with Crippen LogP contribution in [0, 0.1) is 6.92 Å². The van der Waals surface area contributed by atoms with Crippen LogP contribution in [0.15, 0.2) is 24.3 Å². The van der Waals surface area contributed by atoms with Gasteiger partial charge in [-0.3, -0.25) is 4.79 Å². The van der Waals surface area contributed by atoms with Gasteiger partial charge in [0.25, 0.3) is 0 Å². The molecule has 7 heteroatoms. The molecule has 0 bridgehead atoms. The number of hydrogen-bond acceptors (Lipinski definition) is 5. The lowest BCUT2D eigenvalue weighted by atomic mass is 10.1. The third-order valence-electron chi connectivity index (χ3n) is 4.23. The van der Waals surface area contributed by atoms with E-state index in [9.17, 15) is 4.79 Å². The molecule has 0 fully saturated rings. The quantitative estimate of drug-likeness (QED) is 0.834. The first kappa shape index (κ1) is 19.2. The van der Waals surface area contributed by atoms with Crippen LogP contribution in [0.4, 0.5) is 5.69 Å². The zero-order chi connectivity index (χ0) is 19.4. The lowest BCUT2D eigenvalue weighted by Gasteiger charge is -2.14. The number of halogens is 1. The molecule has 144 valence electrons. The van der Waals surface area contributed by atoms with Crippen molar-refractivity contribution in [2.45, 2.75) is 19.8 Å². The minimum atomic E-state index is -0.170. The Morgan fingerprint density at radius 1 is 1.11 bits per heavy atom. The van der Waals surface area contributed by atoms with Gasteiger partial charge in [-0.25, -0.2) is 0 Å². The summed E-state index contributed by atoms with van der Waals surface area (Å²) < 4.78 is 21.9. The topological polar surface area (TPSA) is 66.0 Å². The van der Waals surface area contributed by atoms with Crippen molar-refractivity contribution < 1.29 is 23.7 Å². The molecule has 1 amide bonds. The Balaban J connectivity index is 1.77. The molecule has 0 saturated heterocycles. The summed E-state index contributed by atoms with van der Waals surface area (Å²) in [5.41, 5.74) is 2.29. The number of aryl methyl sites for hydroxylation is 1. The second-order valence-corrected chi connectivity index (χ2v) is 6.61. The Bertz CT molecular complexity index is 853. The first-order valence-electron chi connectivity index (χ1n) is 8.62. The fourth-order valence-corrected chi connectivity index (χ4v) is 3.17. The number of nitrogens with one attached hydrogen (secondary N) is 1. The van der Waals surface area contributed by atoms with E-state index in [1.807, 2.05) is 13.0 Å². The standard InChI is InChI=1S/C20H22ClNO5/c1-12-7-16(24-2)17(25-3)11-15(12)22-19(23)10-13-8-14(21)20-18(9-13)26-5-4-6-27-20/h7-9,11H,4-6,10H2,1-3H3,(H,22,23). The second kappa shape index (κ2) is 8.39. The van der Waals surface area contributed by atoms with Crippen molar-refractivity contribution in [3.63, 3.8) is 0 Å². The SMILES string of the molecule is COc1cc(C)c(NC(=O)Cc2cc(Cl)c3c(c2)OCCCO3)cc1OC. The third-order valence-corrected chi connectivity index (χ3v) is 4.51. The van der Waals surface area contributed by atoms with E-state index in [-0.39, 0.29) is 12.3 Å². The van der Waals surface area contributed by atoms with Gasteiger partial charge in [-0.1, -0.05) is 11.6 Å². The van der Waals surface area contributed by atoms with Crippen molar-refractivity contribution in [1.82, 2.24) is 0 Å². The molecule has 0 aliphatic carbocycles. The highest BCUT2D eigenvalue weighted by Crippen LogP contribution is 2.38. The maximum absolute atomic E-state index is 12.5. The van der Waals surface area contributed by atoms with Crippen LogP contribution in [0.25, 0.3) is 0 Å². The maximum atomic E-state index is 12.5.